The smallest absolute Gasteiger partial charge is 0.241 e. The highest BCUT2D eigenvalue weighted by atomic mass is 16.6. The van der Waals surface area contributed by atoms with Crippen molar-refractivity contribution in [2.24, 2.45) is 5.92 Å². The van der Waals surface area contributed by atoms with Crippen LogP contribution in [0.1, 0.15) is 32.1 Å². The lowest BCUT2D eigenvalue weighted by molar-refractivity contribution is -0.103. The Labute approximate surface area is 156 Å². The molecule has 4 rings (SSSR count). The van der Waals surface area contributed by atoms with E-state index in [1.54, 1.807) is 0 Å². The van der Waals surface area contributed by atoms with E-state index in [4.69, 9.17) is 10.5 Å². The van der Waals surface area contributed by atoms with Crippen LogP contribution in [0.2, 0.25) is 0 Å². The van der Waals surface area contributed by atoms with Crippen LogP contribution in [0.5, 0.6) is 0 Å². The van der Waals surface area contributed by atoms with Gasteiger partial charge in [-0.15, -0.1) is 0 Å². The first kappa shape index (κ1) is 18.1. The lowest BCUT2D eigenvalue weighted by atomic mass is 9.89. The van der Waals surface area contributed by atoms with Gasteiger partial charge in [0.25, 0.3) is 0 Å². The van der Waals surface area contributed by atoms with Gasteiger partial charge >= 0.3 is 0 Å². The van der Waals surface area contributed by atoms with E-state index >= 15 is 0 Å². The number of ether oxygens (including phenoxy) is 1. The van der Waals surface area contributed by atoms with Crippen LogP contribution in [0, 0.1) is 17.8 Å². The van der Waals surface area contributed by atoms with E-state index in [1.807, 2.05) is 0 Å². The number of nitrogen functional groups attached to an aromatic ring is 1. The number of nitrogens with zero attached hydrogens (tertiary/aromatic N) is 4. The summed E-state index contributed by atoms with van der Waals surface area (Å²) in [5, 5.41) is 30.7. The predicted octanol–water partition coefficient (Wildman–Crippen LogP) is -0.242. The lowest BCUT2D eigenvalue weighted by Crippen LogP contribution is -2.44. The van der Waals surface area contributed by atoms with Gasteiger partial charge in [-0.05, 0) is 18.8 Å². The van der Waals surface area contributed by atoms with Crippen LogP contribution in [0.25, 0.3) is 11.2 Å². The molecule has 9 heteroatoms. The van der Waals surface area contributed by atoms with Crippen molar-refractivity contribution in [2.45, 2.75) is 56.1 Å². The van der Waals surface area contributed by atoms with Crippen molar-refractivity contribution >= 4 is 17.0 Å². The minimum atomic E-state index is -1.61. The standard InChI is InChI=1S/C18H23N5O4/c19-16-13-17(21-9-20-16)23(10-22-13)18(7-6-11-4-2-1-3-5-11)15(26)14(25)12(8-24)27-18/h9-12,14-15,24-26H,1-5,8H2,(H2,19,20,21)/t12-,14-,15-,18-/m1/s1. The Morgan fingerprint density at radius 2 is 2.00 bits per heavy atom. The highest BCUT2D eigenvalue weighted by Gasteiger charge is 2.55. The second-order valence-electron chi connectivity index (χ2n) is 7.12. The van der Waals surface area contributed by atoms with Gasteiger partial charge in [-0.2, -0.15) is 0 Å². The van der Waals surface area contributed by atoms with Gasteiger partial charge in [0.2, 0.25) is 5.72 Å². The fourth-order valence-corrected chi connectivity index (χ4v) is 3.86. The monoisotopic (exact) mass is 373 g/mol. The summed E-state index contributed by atoms with van der Waals surface area (Å²) in [4.78, 5) is 12.3. The van der Waals surface area contributed by atoms with E-state index in [0.29, 0.717) is 11.2 Å². The molecule has 144 valence electrons. The normalized spacial score (nSPS) is 31.7. The molecule has 1 saturated carbocycles. The number of fused-ring (bicyclic) bond motifs is 1. The van der Waals surface area contributed by atoms with Gasteiger partial charge in [-0.1, -0.05) is 25.2 Å². The third kappa shape index (κ3) is 2.95. The summed E-state index contributed by atoms with van der Waals surface area (Å²) >= 11 is 0. The molecule has 9 nitrogen and oxygen atoms in total. The molecule has 4 atom stereocenters. The Morgan fingerprint density at radius 3 is 2.70 bits per heavy atom. The van der Waals surface area contributed by atoms with E-state index in [0.717, 1.165) is 25.7 Å². The van der Waals surface area contributed by atoms with Crippen LogP contribution in [0.3, 0.4) is 0 Å². The fraction of sp³-hybridized carbons (Fsp3) is 0.611. The van der Waals surface area contributed by atoms with Gasteiger partial charge in [-0.3, -0.25) is 4.57 Å². The molecule has 3 heterocycles. The number of hydrogen-bond donors (Lipinski definition) is 4. The molecule has 0 unspecified atom stereocenters. The molecule has 2 aliphatic rings. The SMILES string of the molecule is Nc1ncnc2c1ncn2[C@]1(C#CC2CCCCC2)O[C@H](CO)[C@@H](O)[C@H]1O. The molecule has 0 bridgehead atoms. The predicted molar refractivity (Wildman–Crippen MR) is 96.0 cm³/mol. The van der Waals surface area contributed by atoms with Crippen LogP contribution in [-0.4, -0.2) is 59.8 Å². The Morgan fingerprint density at radius 1 is 1.22 bits per heavy atom. The molecule has 2 aromatic heterocycles. The maximum absolute atomic E-state index is 10.8. The van der Waals surface area contributed by atoms with Crippen molar-refractivity contribution in [3.63, 3.8) is 0 Å². The number of aliphatic hydroxyl groups is 3. The first-order valence-corrected chi connectivity index (χ1v) is 9.18. The zero-order chi connectivity index (χ0) is 19.0. The van der Waals surface area contributed by atoms with E-state index in [-0.39, 0.29) is 11.7 Å². The van der Waals surface area contributed by atoms with Crippen molar-refractivity contribution in [3.8, 4) is 11.8 Å². The number of nitrogens with two attached hydrogens (primary N) is 1. The topological polar surface area (TPSA) is 140 Å². The van der Waals surface area contributed by atoms with Crippen molar-refractivity contribution < 1.29 is 20.1 Å². The van der Waals surface area contributed by atoms with Crippen molar-refractivity contribution in [3.05, 3.63) is 12.7 Å². The van der Waals surface area contributed by atoms with E-state index < -0.39 is 30.6 Å². The van der Waals surface area contributed by atoms with Gasteiger partial charge in [-0.25, -0.2) is 15.0 Å². The van der Waals surface area contributed by atoms with Crippen molar-refractivity contribution in [2.75, 3.05) is 12.3 Å². The van der Waals surface area contributed by atoms with Gasteiger partial charge in [0.1, 0.15) is 36.5 Å². The molecule has 0 spiro atoms. The summed E-state index contributed by atoms with van der Waals surface area (Å²) in [7, 11) is 0. The fourth-order valence-electron chi connectivity index (χ4n) is 3.86. The van der Waals surface area contributed by atoms with E-state index in [9.17, 15) is 15.3 Å². The van der Waals surface area contributed by atoms with Gasteiger partial charge in [0.05, 0.1) is 6.61 Å². The number of aliphatic hydroxyl groups excluding tert-OH is 3. The summed E-state index contributed by atoms with van der Waals surface area (Å²) < 4.78 is 7.38. The van der Waals surface area contributed by atoms with Crippen LogP contribution in [-0.2, 0) is 10.5 Å². The minimum absolute atomic E-state index is 0.195. The maximum Gasteiger partial charge on any atom is 0.241 e. The molecular weight excluding hydrogens is 350 g/mol. The summed E-state index contributed by atoms with van der Waals surface area (Å²) in [6, 6.07) is 0. The molecular formula is C18H23N5O4. The van der Waals surface area contributed by atoms with Gasteiger partial charge in [0, 0.05) is 5.92 Å². The summed E-state index contributed by atoms with van der Waals surface area (Å²) in [6.07, 6.45) is 4.47. The maximum atomic E-state index is 10.8. The van der Waals surface area contributed by atoms with E-state index in [1.165, 1.54) is 23.6 Å². The highest BCUT2D eigenvalue weighted by molar-refractivity contribution is 5.81. The number of aromatic nitrogens is 4. The third-order valence-corrected chi connectivity index (χ3v) is 5.40. The van der Waals surface area contributed by atoms with Gasteiger partial charge < -0.3 is 25.8 Å². The molecule has 5 N–H and O–H groups in total. The highest BCUT2D eigenvalue weighted by Crippen LogP contribution is 2.38. The average Bonchev–Trinajstić information content (AvgIpc) is 3.23. The van der Waals surface area contributed by atoms with Crippen LogP contribution < -0.4 is 5.73 Å². The van der Waals surface area contributed by atoms with Crippen LogP contribution in [0.15, 0.2) is 12.7 Å². The molecule has 0 radical (unpaired) electrons. The number of anilines is 1. The minimum Gasteiger partial charge on any atom is -0.394 e. The second-order valence-corrected chi connectivity index (χ2v) is 7.12. The largest absolute Gasteiger partial charge is 0.394 e. The lowest BCUT2D eigenvalue weighted by Gasteiger charge is -2.28. The zero-order valence-electron chi connectivity index (χ0n) is 14.8. The quantitative estimate of drug-likeness (QED) is 0.529. The summed E-state index contributed by atoms with van der Waals surface area (Å²) in [5.74, 6) is 6.66. The van der Waals surface area contributed by atoms with Crippen molar-refractivity contribution in [1.82, 2.24) is 19.5 Å². The number of hydrogen-bond acceptors (Lipinski definition) is 8. The summed E-state index contributed by atoms with van der Waals surface area (Å²) in [6.45, 7) is -0.450. The Hall–Kier alpha value is -2.25. The molecule has 0 aromatic carbocycles. The molecule has 1 aliphatic carbocycles. The van der Waals surface area contributed by atoms with Crippen molar-refractivity contribution in [1.29, 1.82) is 0 Å². The zero-order valence-corrected chi connectivity index (χ0v) is 14.8. The second kappa shape index (κ2) is 7.05. The molecule has 2 fully saturated rings. The van der Waals surface area contributed by atoms with Crippen LogP contribution in [0.4, 0.5) is 5.82 Å². The van der Waals surface area contributed by atoms with E-state index in [2.05, 4.69) is 26.8 Å². The summed E-state index contributed by atoms with van der Waals surface area (Å²) in [5.41, 5.74) is 4.94. The number of imidazole rings is 1. The number of rotatable bonds is 2. The molecule has 0 amide bonds. The molecule has 27 heavy (non-hydrogen) atoms. The molecule has 1 aliphatic heterocycles. The molecule has 1 saturated heterocycles. The Balaban J connectivity index is 1.83. The Bertz CT molecular complexity index is 885. The first-order chi connectivity index (χ1) is 13.1. The molecule has 2 aromatic rings. The van der Waals surface area contributed by atoms with Crippen LogP contribution >= 0.6 is 0 Å². The average molecular weight is 373 g/mol. The third-order valence-electron chi connectivity index (χ3n) is 5.40. The first-order valence-electron chi connectivity index (χ1n) is 9.18. The van der Waals surface area contributed by atoms with Gasteiger partial charge in [0.15, 0.2) is 11.5 Å². The Kier molecular flexibility index (Phi) is 4.74.